The van der Waals surface area contributed by atoms with Crippen molar-refractivity contribution < 1.29 is 20.1 Å². The molecular formula is C12H18N2O6. The van der Waals surface area contributed by atoms with Gasteiger partial charge in [0.1, 0.15) is 18.3 Å². The van der Waals surface area contributed by atoms with Crippen LogP contribution in [-0.2, 0) is 11.2 Å². The minimum Gasteiger partial charge on any atom is -0.394 e. The van der Waals surface area contributed by atoms with Crippen LogP contribution in [0.25, 0.3) is 0 Å². The molecule has 4 atom stereocenters. The molecular weight excluding hydrogens is 268 g/mol. The number of aromatic amines is 1. The quantitative estimate of drug-likeness (QED) is 0.512. The fourth-order valence-corrected chi connectivity index (χ4v) is 2.27. The average molecular weight is 286 g/mol. The fourth-order valence-electron chi connectivity index (χ4n) is 2.27. The van der Waals surface area contributed by atoms with Crippen molar-refractivity contribution in [1.29, 1.82) is 0 Å². The van der Waals surface area contributed by atoms with Gasteiger partial charge in [0.05, 0.1) is 6.61 Å². The van der Waals surface area contributed by atoms with E-state index in [2.05, 4.69) is 4.98 Å². The van der Waals surface area contributed by atoms with E-state index in [1.54, 1.807) is 0 Å². The van der Waals surface area contributed by atoms with Crippen LogP contribution in [0.4, 0.5) is 0 Å². The van der Waals surface area contributed by atoms with Crippen molar-refractivity contribution in [2.45, 2.75) is 44.3 Å². The van der Waals surface area contributed by atoms with Gasteiger partial charge >= 0.3 is 5.69 Å². The number of hydrogen-bond donors (Lipinski definition) is 4. The normalized spacial score (nSPS) is 29.8. The lowest BCUT2D eigenvalue weighted by atomic mass is 10.1. The van der Waals surface area contributed by atoms with Gasteiger partial charge < -0.3 is 20.1 Å². The Morgan fingerprint density at radius 3 is 2.60 bits per heavy atom. The van der Waals surface area contributed by atoms with Gasteiger partial charge in [0, 0.05) is 11.8 Å². The van der Waals surface area contributed by atoms with E-state index < -0.39 is 42.4 Å². The summed E-state index contributed by atoms with van der Waals surface area (Å²) in [6.07, 6.45) is -2.23. The van der Waals surface area contributed by atoms with E-state index >= 15 is 0 Å². The van der Waals surface area contributed by atoms with Crippen molar-refractivity contribution in [3.8, 4) is 0 Å². The van der Waals surface area contributed by atoms with E-state index in [9.17, 15) is 19.8 Å². The lowest BCUT2D eigenvalue weighted by molar-refractivity contribution is -0.0551. The van der Waals surface area contributed by atoms with E-state index in [-0.39, 0.29) is 0 Å². The zero-order valence-corrected chi connectivity index (χ0v) is 11.0. The third-order valence-corrected chi connectivity index (χ3v) is 3.35. The molecule has 1 aliphatic heterocycles. The molecule has 2 rings (SSSR count). The Labute approximate surface area is 114 Å². The minimum atomic E-state index is -1.36. The number of nitrogens with zero attached hydrogens (tertiary/aromatic N) is 1. The van der Waals surface area contributed by atoms with Crippen LogP contribution in [-0.4, -0.2) is 49.8 Å². The number of aliphatic hydroxyl groups excluding tert-OH is 3. The van der Waals surface area contributed by atoms with Crippen molar-refractivity contribution in [2.24, 2.45) is 0 Å². The molecule has 8 nitrogen and oxygen atoms in total. The fraction of sp³-hybridized carbons (Fsp3) is 0.667. The molecule has 0 bridgehead atoms. The molecule has 0 aromatic carbocycles. The Hall–Kier alpha value is -1.48. The summed E-state index contributed by atoms with van der Waals surface area (Å²) < 4.78 is 6.30. The molecule has 1 aromatic heterocycles. The topological polar surface area (TPSA) is 125 Å². The molecule has 0 aliphatic carbocycles. The number of hydrogen-bond acceptors (Lipinski definition) is 6. The molecule has 20 heavy (non-hydrogen) atoms. The van der Waals surface area contributed by atoms with Crippen LogP contribution in [0.5, 0.6) is 0 Å². The Morgan fingerprint density at radius 1 is 1.35 bits per heavy atom. The molecule has 2 heterocycles. The van der Waals surface area contributed by atoms with Crippen molar-refractivity contribution in [2.75, 3.05) is 6.61 Å². The number of H-pyrrole nitrogens is 1. The summed E-state index contributed by atoms with van der Waals surface area (Å²) in [5, 5.41) is 28.6. The molecule has 0 unspecified atom stereocenters. The Kier molecular flexibility index (Phi) is 4.39. The Bertz CT molecular complexity index is 580. The van der Waals surface area contributed by atoms with Gasteiger partial charge in [-0.3, -0.25) is 14.3 Å². The van der Waals surface area contributed by atoms with Gasteiger partial charge in [0.2, 0.25) is 0 Å². The van der Waals surface area contributed by atoms with Crippen molar-refractivity contribution >= 4 is 0 Å². The molecule has 1 aliphatic rings. The van der Waals surface area contributed by atoms with Crippen molar-refractivity contribution in [1.82, 2.24) is 9.55 Å². The second kappa shape index (κ2) is 5.88. The third-order valence-electron chi connectivity index (χ3n) is 3.35. The summed E-state index contributed by atoms with van der Waals surface area (Å²) in [5.41, 5.74) is -0.811. The molecule has 8 heteroatoms. The second-order valence-corrected chi connectivity index (χ2v) is 4.80. The zero-order valence-electron chi connectivity index (χ0n) is 11.0. The van der Waals surface area contributed by atoms with Gasteiger partial charge in [-0.1, -0.05) is 13.3 Å². The highest BCUT2D eigenvalue weighted by atomic mass is 16.6. The van der Waals surface area contributed by atoms with Gasteiger partial charge in [-0.15, -0.1) is 0 Å². The Balaban J connectivity index is 2.40. The largest absolute Gasteiger partial charge is 0.394 e. The summed E-state index contributed by atoms with van der Waals surface area (Å²) in [4.78, 5) is 25.6. The molecule has 1 fully saturated rings. The van der Waals surface area contributed by atoms with E-state index in [1.165, 1.54) is 6.20 Å². The highest BCUT2D eigenvalue weighted by Crippen LogP contribution is 2.27. The van der Waals surface area contributed by atoms with Gasteiger partial charge in [0.25, 0.3) is 5.56 Å². The Morgan fingerprint density at radius 2 is 2.05 bits per heavy atom. The first-order valence-corrected chi connectivity index (χ1v) is 6.46. The summed E-state index contributed by atoms with van der Waals surface area (Å²) in [6, 6.07) is 0. The summed E-state index contributed by atoms with van der Waals surface area (Å²) in [7, 11) is 0. The molecule has 1 saturated heterocycles. The van der Waals surface area contributed by atoms with Gasteiger partial charge in [-0.2, -0.15) is 0 Å². The first-order chi connectivity index (χ1) is 9.49. The van der Waals surface area contributed by atoms with Crippen LogP contribution >= 0.6 is 0 Å². The summed E-state index contributed by atoms with van der Waals surface area (Å²) in [5.74, 6) is 0. The van der Waals surface area contributed by atoms with Crippen molar-refractivity contribution in [3.63, 3.8) is 0 Å². The number of rotatable bonds is 4. The standard InChI is InChI=1S/C12H18N2O6/c1-2-3-6-4-14(12(19)13-10(6)18)11-9(17)8(16)7(5-15)20-11/h4,7-9,11,15-17H,2-3,5H2,1H3,(H,13,18,19)/t7-,8-,9-,11-/m1/s1. The SMILES string of the molecule is CCCc1cn([C@@H]2O[C@H](CO)[C@@H](O)[C@H]2O)c(=O)[nH]c1=O. The van der Waals surface area contributed by atoms with Crippen LogP contribution < -0.4 is 11.2 Å². The maximum atomic E-state index is 11.8. The molecule has 0 saturated carbocycles. The molecule has 0 amide bonds. The molecule has 0 radical (unpaired) electrons. The van der Waals surface area contributed by atoms with Gasteiger partial charge in [-0.05, 0) is 6.42 Å². The molecule has 112 valence electrons. The van der Waals surface area contributed by atoms with E-state index in [0.29, 0.717) is 12.0 Å². The van der Waals surface area contributed by atoms with Crippen LogP contribution in [0.3, 0.4) is 0 Å². The van der Waals surface area contributed by atoms with Crippen LogP contribution in [0.15, 0.2) is 15.8 Å². The number of aromatic nitrogens is 2. The van der Waals surface area contributed by atoms with Crippen LogP contribution in [0.1, 0.15) is 25.1 Å². The predicted molar refractivity (Wildman–Crippen MR) is 68.3 cm³/mol. The smallest absolute Gasteiger partial charge is 0.330 e. The number of aliphatic hydroxyl groups is 3. The molecule has 4 N–H and O–H groups in total. The predicted octanol–water partition coefficient (Wildman–Crippen LogP) is -1.90. The minimum absolute atomic E-state index is 0.393. The van der Waals surface area contributed by atoms with Crippen LogP contribution in [0, 0.1) is 0 Å². The monoisotopic (exact) mass is 286 g/mol. The van der Waals surface area contributed by atoms with Crippen LogP contribution in [0.2, 0.25) is 0 Å². The zero-order chi connectivity index (χ0) is 14.9. The second-order valence-electron chi connectivity index (χ2n) is 4.80. The highest BCUT2D eigenvalue weighted by Gasteiger charge is 2.43. The number of aryl methyl sites for hydroxylation is 1. The first-order valence-electron chi connectivity index (χ1n) is 6.46. The molecule has 1 aromatic rings. The molecule has 0 spiro atoms. The third kappa shape index (κ3) is 2.55. The number of ether oxygens (including phenoxy) is 1. The summed E-state index contributed by atoms with van der Waals surface area (Å²) >= 11 is 0. The van der Waals surface area contributed by atoms with Gasteiger partial charge in [-0.25, -0.2) is 4.79 Å². The highest BCUT2D eigenvalue weighted by molar-refractivity contribution is 5.06. The van der Waals surface area contributed by atoms with E-state index in [0.717, 1.165) is 11.0 Å². The maximum Gasteiger partial charge on any atom is 0.330 e. The first kappa shape index (κ1) is 14.9. The van der Waals surface area contributed by atoms with Crippen molar-refractivity contribution in [3.05, 3.63) is 32.6 Å². The number of nitrogens with one attached hydrogen (secondary N) is 1. The van der Waals surface area contributed by atoms with E-state index in [1.807, 2.05) is 6.92 Å². The maximum absolute atomic E-state index is 11.8. The van der Waals surface area contributed by atoms with Gasteiger partial charge in [0.15, 0.2) is 6.23 Å². The average Bonchev–Trinajstić information content (AvgIpc) is 2.70. The lowest BCUT2D eigenvalue weighted by Crippen LogP contribution is -2.38. The lowest BCUT2D eigenvalue weighted by Gasteiger charge is -2.17. The van der Waals surface area contributed by atoms with E-state index in [4.69, 9.17) is 9.84 Å². The summed E-state index contributed by atoms with van der Waals surface area (Å²) in [6.45, 7) is 1.41.